The highest BCUT2D eigenvalue weighted by Gasteiger charge is 2.66. The molecule has 6 rings (SSSR count). The highest BCUT2D eigenvalue weighted by molar-refractivity contribution is 5.79. The minimum atomic E-state index is 0.462. The summed E-state index contributed by atoms with van der Waals surface area (Å²) in [7, 11) is 0. The molecule has 6 fully saturated rings. The van der Waals surface area contributed by atoms with Crippen molar-refractivity contribution < 1.29 is 4.79 Å². The first kappa shape index (κ1) is 19.3. The molecular formula is C27H43NO. The maximum absolute atomic E-state index is 12.2. The van der Waals surface area contributed by atoms with Crippen LogP contribution < -0.4 is 0 Å². The van der Waals surface area contributed by atoms with Crippen LogP contribution in [-0.2, 0) is 4.79 Å². The fourth-order valence-electron chi connectivity index (χ4n) is 10.8. The van der Waals surface area contributed by atoms with Crippen LogP contribution >= 0.6 is 0 Å². The molecule has 4 saturated carbocycles. The minimum Gasteiger partial charge on any atom is -0.300 e. The molecule has 0 aromatic heterocycles. The van der Waals surface area contributed by atoms with Gasteiger partial charge in [0.25, 0.3) is 0 Å². The third-order valence-electron chi connectivity index (χ3n) is 12.1. The lowest BCUT2D eigenvalue weighted by molar-refractivity contribution is -0.140. The largest absolute Gasteiger partial charge is 0.300 e. The molecule has 162 valence electrons. The van der Waals surface area contributed by atoms with Gasteiger partial charge >= 0.3 is 0 Å². The van der Waals surface area contributed by atoms with Crippen LogP contribution in [0.5, 0.6) is 0 Å². The monoisotopic (exact) mass is 397 g/mol. The number of fused-ring (bicyclic) bond motifs is 9. The van der Waals surface area contributed by atoms with Crippen molar-refractivity contribution in [3.8, 4) is 0 Å². The molecule has 0 unspecified atom stereocenters. The lowest BCUT2D eigenvalue weighted by Crippen LogP contribution is -2.54. The number of hydrogen-bond acceptors (Lipinski definition) is 2. The Balaban J connectivity index is 1.31. The molecule has 2 heterocycles. The van der Waals surface area contributed by atoms with Crippen molar-refractivity contribution in [2.24, 2.45) is 52.3 Å². The van der Waals surface area contributed by atoms with Gasteiger partial charge in [-0.15, -0.1) is 0 Å². The van der Waals surface area contributed by atoms with Gasteiger partial charge < -0.3 is 0 Å². The highest BCUT2D eigenvalue weighted by Crippen LogP contribution is 2.70. The fourth-order valence-corrected chi connectivity index (χ4v) is 10.8. The van der Waals surface area contributed by atoms with Crippen LogP contribution in [0.25, 0.3) is 0 Å². The summed E-state index contributed by atoms with van der Waals surface area (Å²) in [6.07, 6.45) is 13.0. The topological polar surface area (TPSA) is 20.3 Å². The number of hydrogen-bond donors (Lipinski definition) is 0. The Kier molecular flexibility index (Phi) is 4.22. The predicted octanol–water partition coefficient (Wildman–Crippen LogP) is 5.94. The van der Waals surface area contributed by atoms with Crippen molar-refractivity contribution in [2.75, 3.05) is 6.54 Å². The molecule has 4 aliphatic carbocycles. The Labute approximate surface area is 178 Å². The van der Waals surface area contributed by atoms with Crippen molar-refractivity contribution in [1.82, 2.24) is 4.90 Å². The van der Waals surface area contributed by atoms with Crippen molar-refractivity contribution in [2.45, 2.75) is 104 Å². The standard InChI is InChI=1S/C27H43NO/c1-16-5-8-23-17(2)25-24(28(23)15-16)14-22-20-7-6-18-13-19(29)9-11-26(18,3)21(20)10-12-27(22,25)4/h16-18,20-25H,5-15H2,1-4H3/t16-,17-,18+,20-,21+,22+,23-,24+,25+,26+,27+/m1/s1. The summed E-state index contributed by atoms with van der Waals surface area (Å²) in [5.41, 5.74) is 1.04. The lowest BCUT2D eigenvalue weighted by Gasteiger charge is -2.60. The maximum atomic E-state index is 12.2. The molecule has 2 nitrogen and oxygen atoms in total. The van der Waals surface area contributed by atoms with Crippen molar-refractivity contribution in [3.63, 3.8) is 0 Å². The van der Waals surface area contributed by atoms with E-state index in [1.165, 1.54) is 57.9 Å². The Morgan fingerprint density at radius 3 is 2.55 bits per heavy atom. The number of rotatable bonds is 0. The predicted molar refractivity (Wildman–Crippen MR) is 117 cm³/mol. The Morgan fingerprint density at radius 1 is 0.897 bits per heavy atom. The Hall–Kier alpha value is -0.370. The molecule has 2 saturated heterocycles. The second-order valence-electron chi connectivity index (χ2n) is 13.1. The molecule has 0 bridgehead atoms. The number of Topliss-reactive ketones (excluding diaryl/α,β-unsaturated/α-hetero) is 1. The van der Waals surface area contributed by atoms with Crippen LogP contribution in [0.1, 0.15) is 91.9 Å². The molecule has 2 aliphatic heterocycles. The molecule has 6 aliphatic rings. The molecule has 0 N–H and O–H groups in total. The van der Waals surface area contributed by atoms with Gasteiger partial charge in [-0.1, -0.05) is 27.7 Å². The summed E-state index contributed by atoms with van der Waals surface area (Å²) in [6.45, 7) is 11.8. The van der Waals surface area contributed by atoms with Gasteiger partial charge in [-0.05, 0) is 104 Å². The summed E-state index contributed by atoms with van der Waals surface area (Å²) in [4.78, 5) is 15.2. The number of carbonyl (C=O) groups is 1. The van der Waals surface area contributed by atoms with Crippen LogP contribution in [0.2, 0.25) is 0 Å². The summed E-state index contributed by atoms with van der Waals surface area (Å²) in [5, 5.41) is 0. The molecule has 0 aromatic carbocycles. The second kappa shape index (κ2) is 6.33. The van der Waals surface area contributed by atoms with E-state index in [-0.39, 0.29) is 0 Å². The van der Waals surface area contributed by atoms with E-state index in [9.17, 15) is 4.79 Å². The lowest BCUT2D eigenvalue weighted by atomic mass is 9.44. The molecule has 0 amide bonds. The van der Waals surface area contributed by atoms with Gasteiger partial charge in [0.15, 0.2) is 0 Å². The second-order valence-corrected chi connectivity index (χ2v) is 13.1. The van der Waals surface area contributed by atoms with Gasteiger partial charge in [-0.3, -0.25) is 9.69 Å². The highest BCUT2D eigenvalue weighted by atomic mass is 16.1. The number of nitrogens with zero attached hydrogens (tertiary/aromatic N) is 1. The van der Waals surface area contributed by atoms with Gasteiger partial charge in [0.2, 0.25) is 0 Å². The van der Waals surface area contributed by atoms with E-state index >= 15 is 0 Å². The maximum Gasteiger partial charge on any atom is 0.133 e. The number of ketones is 1. The Bertz CT molecular complexity index is 703. The van der Waals surface area contributed by atoms with Crippen molar-refractivity contribution in [1.29, 1.82) is 0 Å². The summed E-state index contributed by atoms with van der Waals surface area (Å²) < 4.78 is 0. The van der Waals surface area contributed by atoms with Crippen LogP contribution in [0, 0.1) is 52.3 Å². The first-order chi connectivity index (χ1) is 13.8. The zero-order valence-electron chi connectivity index (χ0n) is 19.3. The normalized spacial score (nSPS) is 59.4. The number of carbonyl (C=O) groups excluding carboxylic acids is 1. The summed E-state index contributed by atoms with van der Waals surface area (Å²) in [6, 6.07) is 1.76. The first-order valence-corrected chi connectivity index (χ1v) is 13.1. The average Bonchev–Trinajstić information content (AvgIpc) is 3.15. The van der Waals surface area contributed by atoms with E-state index in [1.807, 2.05) is 0 Å². The zero-order valence-corrected chi connectivity index (χ0v) is 19.3. The van der Waals surface area contributed by atoms with E-state index in [4.69, 9.17) is 0 Å². The SMILES string of the molecule is C[C@@H]1CC[C@@H]2[C@@H](C)[C@H]3[C@H](C[C@H]4[C@@H]5CC[C@H]6CC(=O)CC[C@]6(C)[C@H]5CC[C@]34C)N2C1. The molecule has 0 aromatic rings. The van der Waals surface area contributed by atoms with E-state index in [0.717, 1.165) is 60.4 Å². The van der Waals surface area contributed by atoms with Gasteiger partial charge in [-0.25, -0.2) is 0 Å². The van der Waals surface area contributed by atoms with Gasteiger partial charge in [0, 0.05) is 31.5 Å². The molecule has 2 heteroatoms. The molecule has 0 spiro atoms. The summed E-state index contributed by atoms with van der Waals surface area (Å²) in [5.74, 6) is 6.80. The average molecular weight is 398 g/mol. The van der Waals surface area contributed by atoms with Crippen LogP contribution in [-0.4, -0.2) is 29.3 Å². The smallest absolute Gasteiger partial charge is 0.133 e. The third kappa shape index (κ3) is 2.48. The van der Waals surface area contributed by atoms with Gasteiger partial charge in [0.05, 0.1) is 0 Å². The Morgan fingerprint density at radius 2 is 1.72 bits per heavy atom. The number of piperidine rings is 1. The van der Waals surface area contributed by atoms with Crippen molar-refractivity contribution >= 4 is 5.78 Å². The summed E-state index contributed by atoms with van der Waals surface area (Å²) >= 11 is 0. The van der Waals surface area contributed by atoms with Crippen LogP contribution in [0.4, 0.5) is 0 Å². The quantitative estimate of drug-likeness (QED) is 0.504. The minimum absolute atomic E-state index is 0.462. The molecular weight excluding hydrogens is 354 g/mol. The van der Waals surface area contributed by atoms with Gasteiger partial charge in [0.1, 0.15) is 5.78 Å². The van der Waals surface area contributed by atoms with E-state index < -0.39 is 0 Å². The molecule has 29 heavy (non-hydrogen) atoms. The van der Waals surface area contributed by atoms with Crippen LogP contribution in [0.3, 0.4) is 0 Å². The first-order valence-electron chi connectivity index (χ1n) is 13.1. The van der Waals surface area contributed by atoms with E-state index in [0.29, 0.717) is 22.5 Å². The molecule has 11 atom stereocenters. The van der Waals surface area contributed by atoms with E-state index in [2.05, 4.69) is 32.6 Å². The fraction of sp³-hybridized carbons (Fsp3) is 0.963. The van der Waals surface area contributed by atoms with Crippen molar-refractivity contribution in [3.05, 3.63) is 0 Å². The van der Waals surface area contributed by atoms with Crippen LogP contribution in [0.15, 0.2) is 0 Å². The molecule has 0 radical (unpaired) electrons. The zero-order chi connectivity index (χ0) is 20.1. The third-order valence-corrected chi connectivity index (χ3v) is 12.1. The van der Waals surface area contributed by atoms with E-state index in [1.54, 1.807) is 0 Å². The van der Waals surface area contributed by atoms with Gasteiger partial charge in [-0.2, -0.15) is 0 Å².